The molecule has 4 heteroatoms. The zero-order valence-electron chi connectivity index (χ0n) is 9.42. The lowest BCUT2D eigenvalue weighted by Crippen LogP contribution is -1.81. The van der Waals surface area contributed by atoms with Gasteiger partial charge in [0.1, 0.15) is 5.01 Å². The van der Waals surface area contributed by atoms with Crippen molar-refractivity contribution in [3.8, 4) is 16.6 Å². The molecule has 0 aliphatic rings. The first-order chi connectivity index (χ1) is 8.76. The molecule has 3 nitrogen and oxygen atoms in total. The number of fused-ring (bicyclic) bond motifs is 1. The molecule has 0 unspecified atom stereocenters. The summed E-state index contributed by atoms with van der Waals surface area (Å²) in [5.41, 5.74) is 9.13. The molecule has 0 saturated carbocycles. The van der Waals surface area contributed by atoms with Gasteiger partial charge < -0.3 is 5.73 Å². The van der Waals surface area contributed by atoms with E-state index in [4.69, 9.17) is 11.0 Å². The maximum absolute atomic E-state index is 8.77. The molecule has 86 valence electrons. The number of rotatable bonds is 1. The summed E-state index contributed by atoms with van der Waals surface area (Å²) in [5, 5.41) is 9.71. The minimum absolute atomic E-state index is 0.657. The van der Waals surface area contributed by atoms with E-state index in [1.165, 1.54) is 0 Å². The zero-order valence-corrected chi connectivity index (χ0v) is 10.2. The van der Waals surface area contributed by atoms with E-state index in [-0.39, 0.29) is 0 Å². The fraction of sp³-hybridized carbons (Fsp3) is 0. The normalized spacial score (nSPS) is 10.4. The molecule has 0 atom stereocenters. The van der Waals surface area contributed by atoms with E-state index in [2.05, 4.69) is 11.1 Å². The van der Waals surface area contributed by atoms with Gasteiger partial charge in [0.05, 0.1) is 21.8 Å². The lowest BCUT2D eigenvalue weighted by Gasteiger charge is -1.94. The highest BCUT2D eigenvalue weighted by Gasteiger charge is 2.06. The Morgan fingerprint density at radius 3 is 2.61 bits per heavy atom. The quantitative estimate of drug-likeness (QED) is 0.674. The summed E-state index contributed by atoms with van der Waals surface area (Å²) in [6.07, 6.45) is 0. The molecule has 0 aliphatic carbocycles. The lowest BCUT2D eigenvalue weighted by atomic mass is 10.1. The van der Waals surface area contributed by atoms with E-state index in [0.717, 1.165) is 26.5 Å². The molecule has 2 N–H and O–H groups in total. The predicted molar refractivity (Wildman–Crippen MR) is 74.2 cm³/mol. The third kappa shape index (κ3) is 1.81. The van der Waals surface area contributed by atoms with E-state index >= 15 is 0 Å². The zero-order chi connectivity index (χ0) is 12.5. The maximum Gasteiger partial charge on any atom is 0.124 e. The van der Waals surface area contributed by atoms with Crippen LogP contribution in [0.3, 0.4) is 0 Å². The molecule has 0 spiro atoms. The van der Waals surface area contributed by atoms with E-state index in [1.54, 1.807) is 23.5 Å². The van der Waals surface area contributed by atoms with Crippen LogP contribution in [0.5, 0.6) is 0 Å². The highest BCUT2D eigenvalue weighted by atomic mass is 32.1. The first-order valence-electron chi connectivity index (χ1n) is 5.43. The molecule has 2 aromatic carbocycles. The molecule has 0 fully saturated rings. The van der Waals surface area contributed by atoms with Gasteiger partial charge in [0.25, 0.3) is 0 Å². The Kier molecular flexibility index (Phi) is 2.47. The number of nitriles is 1. The lowest BCUT2D eigenvalue weighted by molar-refractivity contribution is 1.46. The van der Waals surface area contributed by atoms with Gasteiger partial charge in [-0.05, 0) is 30.3 Å². The van der Waals surface area contributed by atoms with Crippen molar-refractivity contribution in [1.29, 1.82) is 5.26 Å². The molecule has 3 rings (SSSR count). The van der Waals surface area contributed by atoms with Crippen LogP contribution < -0.4 is 5.73 Å². The number of hydrogen-bond acceptors (Lipinski definition) is 4. The highest BCUT2D eigenvalue weighted by molar-refractivity contribution is 7.21. The second-order valence-electron chi connectivity index (χ2n) is 3.94. The van der Waals surface area contributed by atoms with Gasteiger partial charge in [0, 0.05) is 11.3 Å². The molecular formula is C14H9N3S. The Balaban J connectivity index is 2.10. The molecule has 1 heterocycles. The van der Waals surface area contributed by atoms with Crippen LogP contribution in [0.25, 0.3) is 20.8 Å². The van der Waals surface area contributed by atoms with Gasteiger partial charge >= 0.3 is 0 Å². The monoisotopic (exact) mass is 251 g/mol. The third-order valence-electron chi connectivity index (χ3n) is 2.67. The first-order valence-corrected chi connectivity index (χ1v) is 6.24. The van der Waals surface area contributed by atoms with E-state index in [9.17, 15) is 0 Å². The molecule has 3 aromatic rings. The summed E-state index contributed by atoms with van der Waals surface area (Å²) < 4.78 is 1.08. The number of anilines is 1. The van der Waals surface area contributed by atoms with Crippen LogP contribution in [-0.2, 0) is 0 Å². The number of benzene rings is 2. The van der Waals surface area contributed by atoms with Gasteiger partial charge in [-0.25, -0.2) is 4.98 Å². The average Bonchev–Trinajstić information content (AvgIpc) is 2.81. The summed E-state index contributed by atoms with van der Waals surface area (Å²) in [4.78, 5) is 4.56. The second-order valence-corrected chi connectivity index (χ2v) is 4.97. The molecule has 1 aromatic heterocycles. The minimum Gasteiger partial charge on any atom is -0.399 e. The SMILES string of the molecule is N#Cc1ccc(-c2nc3ccc(N)cc3s2)cc1. The number of hydrogen-bond donors (Lipinski definition) is 1. The standard InChI is InChI=1S/C14H9N3S/c15-8-9-1-3-10(4-2-9)14-17-12-6-5-11(16)7-13(12)18-14/h1-7H,16H2. The van der Waals surface area contributed by atoms with Gasteiger partial charge in [-0.1, -0.05) is 12.1 Å². The average molecular weight is 251 g/mol. The van der Waals surface area contributed by atoms with Gasteiger partial charge in [-0.15, -0.1) is 11.3 Å². The summed E-state index contributed by atoms with van der Waals surface area (Å²) in [5.74, 6) is 0. The van der Waals surface area contributed by atoms with Crippen molar-refractivity contribution in [2.45, 2.75) is 0 Å². The molecule has 18 heavy (non-hydrogen) atoms. The molecule has 0 radical (unpaired) electrons. The van der Waals surface area contributed by atoms with E-state index in [0.29, 0.717) is 5.56 Å². The van der Waals surface area contributed by atoms with Crippen LogP contribution in [-0.4, -0.2) is 4.98 Å². The summed E-state index contributed by atoms with van der Waals surface area (Å²) in [6, 6.07) is 15.2. The van der Waals surface area contributed by atoms with Crippen LogP contribution in [0, 0.1) is 11.3 Å². The topological polar surface area (TPSA) is 62.7 Å². The Morgan fingerprint density at radius 1 is 1.11 bits per heavy atom. The number of nitrogen functional groups attached to an aromatic ring is 1. The molecule has 0 amide bonds. The highest BCUT2D eigenvalue weighted by Crippen LogP contribution is 2.31. The maximum atomic E-state index is 8.77. The molecule has 0 bridgehead atoms. The molecular weight excluding hydrogens is 242 g/mol. The Hall–Kier alpha value is -2.38. The largest absolute Gasteiger partial charge is 0.399 e. The van der Waals surface area contributed by atoms with Crippen molar-refractivity contribution < 1.29 is 0 Å². The van der Waals surface area contributed by atoms with Crippen LogP contribution in [0.4, 0.5) is 5.69 Å². The Labute approximate surface area is 108 Å². The van der Waals surface area contributed by atoms with E-state index < -0.39 is 0 Å². The smallest absolute Gasteiger partial charge is 0.124 e. The number of nitrogens with two attached hydrogens (primary N) is 1. The fourth-order valence-corrected chi connectivity index (χ4v) is 2.77. The fourth-order valence-electron chi connectivity index (χ4n) is 1.75. The van der Waals surface area contributed by atoms with Gasteiger partial charge in [-0.2, -0.15) is 5.26 Å². The summed E-state index contributed by atoms with van der Waals surface area (Å²) in [7, 11) is 0. The first kappa shape index (κ1) is 10.8. The summed E-state index contributed by atoms with van der Waals surface area (Å²) >= 11 is 1.60. The van der Waals surface area contributed by atoms with Crippen molar-refractivity contribution in [3.05, 3.63) is 48.0 Å². The summed E-state index contributed by atoms with van der Waals surface area (Å²) in [6.45, 7) is 0. The third-order valence-corrected chi connectivity index (χ3v) is 3.74. The van der Waals surface area contributed by atoms with Crippen LogP contribution in [0.1, 0.15) is 5.56 Å². The number of thiazole rings is 1. The molecule has 0 aliphatic heterocycles. The van der Waals surface area contributed by atoms with Crippen molar-refractivity contribution in [2.24, 2.45) is 0 Å². The van der Waals surface area contributed by atoms with Gasteiger partial charge in [-0.3, -0.25) is 0 Å². The van der Waals surface area contributed by atoms with E-state index in [1.807, 2.05) is 30.3 Å². The van der Waals surface area contributed by atoms with Gasteiger partial charge in [0.2, 0.25) is 0 Å². The van der Waals surface area contributed by atoms with Gasteiger partial charge in [0.15, 0.2) is 0 Å². The second kappa shape index (κ2) is 4.13. The number of aromatic nitrogens is 1. The Morgan fingerprint density at radius 2 is 1.89 bits per heavy atom. The van der Waals surface area contributed by atoms with Crippen molar-refractivity contribution >= 4 is 27.2 Å². The van der Waals surface area contributed by atoms with Crippen molar-refractivity contribution in [1.82, 2.24) is 4.98 Å². The van der Waals surface area contributed by atoms with Crippen LogP contribution >= 0.6 is 11.3 Å². The minimum atomic E-state index is 0.657. The van der Waals surface area contributed by atoms with Crippen molar-refractivity contribution in [2.75, 3.05) is 5.73 Å². The van der Waals surface area contributed by atoms with Crippen LogP contribution in [0.15, 0.2) is 42.5 Å². The number of nitrogens with zero attached hydrogens (tertiary/aromatic N) is 2. The van der Waals surface area contributed by atoms with Crippen molar-refractivity contribution in [3.63, 3.8) is 0 Å². The van der Waals surface area contributed by atoms with Crippen LogP contribution in [0.2, 0.25) is 0 Å². The Bertz CT molecular complexity index is 751. The predicted octanol–water partition coefficient (Wildman–Crippen LogP) is 3.42. The molecule has 0 saturated heterocycles.